The Morgan fingerprint density at radius 3 is 2.28 bits per heavy atom. The average molecular weight is 486 g/mol. The van der Waals surface area contributed by atoms with Gasteiger partial charge in [-0.2, -0.15) is 0 Å². The third-order valence-electron chi connectivity index (χ3n) is 4.44. The van der Waals surface area contributed by atoms with Gasteiger partial charge in [-0.1, -0.05) is 28.8 Å². The van der Waals surface area contributed by atoms with E-state index in [1.165, 1.54) is 32.5 Å². The molecule has 1 heterocycles. The zero-order valence-electron chi connectivity index (χ0n) is 17.8. The van der Waals surface area contributed by atoms with E-state index in [2.05, 4.69) is 10.0 Å². The van der Waals surface area contributed by atoms with Gasteiger partial charge in [-0.15, -0.1) is 11.8 Å². The van der Waals surface area contributed by atoms with E-state index in [-0.39, 0.29) is 6.61 Å². The molecule has 0 bridgehead atoms. The Kier molecular flexibility index (Phi) is 10.1. The minimum Gasteiger partial charge on any atom is -0.463 e. The number of thioether (sulfide) groups is 1. The second kappa shape index (κ2) is 12.5. The molecule has 1 aromatic rings. The zero-order valence-corrected chi connectivity index (χ0v) is 19.4. The summed E-state index contributed by atoms with van der Waals surface area (Å²) in [6, 6.07) is 6.30. The Morgan fingerprint density at radius 1 is 1.09 bits per heavy atom. The van der Waals surface area contributed by atoms with Crippen LogP contribution in [0.4, 0.5) is 0 Å². The van der Waals surface area contributed by atoms with Crippen LogP contribution in [0.3, 0.4) is 0 Å². The molecule has 5 atom stereocenters. The highest BCUT2D eigenvalue weighted by molar-refractivity contribution is 7.99. The molecule has 12 heteroatoms. The number of nitrogens with zero attached hydrogens (tertiary/aromatic N) is 3. The first kappa shape index (κ1) is 25.8. The summed E-state index contributed by atoms with van der Waals surface area (Å²) < 4.78 is 21.8. The molecule has 0 N–H and O–H groups in total. The van der Waals surface area contributed by atoms with E-state index in [1.54, 1.807) is 12.1 Å². The van der Waals surface area contributed by atoms with Gasteiger partial charge in [-0.05, 0) is 35.4 Å². The average Bonchev–Trinajstić information content (AvgIpc) is 2.71. The number of halogens is 1. The highest BCUT2D eigenvalue weighted by Gasteiger charge is 2.49. The summed E-state index contributed by atoms with van der Waals surface area (Å²) in [6.07, 6.45) is -2.38. The Bertz CT molecular complexity index is 863. The van der Waals surface area contributed by atoms with Crippen LogP contribution in [0, 0.1) is 0 Å². The van der Waals surface area contributed by atoms with Crippen molar-refractivity contribution in [3.8, 4) is 0 Å². The van der Waals surface area contributed by atoms with Crippen molar-refractivity contribution >= 4 is 41.3 Å². The minimum absolute atomic E-state index is 0.230. The van der Waals surface area contributed by atoms with Gasteiger partial charge in [0.05, 0.1) is 0 Å². The number of benzene rings is 1. The molecular weight excluding hydrogens is 462 g/mol. The highest BCUT2D eigenvalue weighted by atomic mass is 35.5. The van der Waals surface area contributed by atoms with Gasteiger partial charge in [-0.25, -0.2) is 0 Å². The standard InChI is InChI=1S/C20H24ClN3O7S/c1-11(25)28-10-16-18(29-12(2)26)17(23-24-22)19(30-13(3)27)20(31-16)32-9-8-14-4-6-15(21)7-5-14/h4-7,16-20H,8-10H2,1-3H3/t16?,17-,18-,19?,20+/m0/s1. The number of aryl methyl sites for hydroxylation is 1. The van der Waals surface area contributed by atoms with Crippen LogP contribution in [0.25, 0.3) is 10.4 Å². The number of esters is 3. The third kappa shape index (κ3) is 7.90. The molecular formula is C20H24ClN3O7S. The van der Waals surface area contributed by atoms with Gasteiger partial charge < -0.3 is 18.9 Å². The number of hydrogen-bond donors (Lipinski definition) is 0. The summed E-state index contributed by atoms with van der Waals surface area (Å²) in [5.74, 6) is -1.24. The molecule has 1 aromatic carbocycles. The van der Waals surface area contributed by atoms with Crippen molar-refractivity contribution in [2.45, 2.75) is 57.0 Å². The van der Waals surface area contributed by atoms with Crippen LogP contribution < -0.4 is 0 Å². The molecule has 174 valence electrons. The largest absolute Gasteiger partial charge is 0.463 e. The van der Waals surface area contributed by atoms with E-state index in [0.717, 1.165) is 5.56 Å². The molecule has 2 unspecified atom stereocenters. The molecule has 1 aliphatic heterocycles. The lowest BCUT2D eigenvalue weighted by atomic mass is 9.97. The van der Waals surface area contributed by atoms with E-state index in [4.69, 9.17) is 36.1 Å². The van der Waals surface area contributed by atoms with Crippen molar-refractivity contribution in [1.29, 1.82) is 0 Å². The lowest BCUT2D eigenvalue weighted by molar-refractivity contribution is -0.201. The van der Waals surface area contributed by atoms with Crippen molar-refractivity contribution in [3.63, 3.8) is 0 Å². The van der Waals surface area contributed by atoms with E-state index in [0.29, 0.717) is 17.2 Å². The van der Waals surface area contributed by atoms with Crippen molar-refractivity contribution in [1.82, 2.24) is 0 Å². The first-order chi connectivity index (χ1) is 15.2. The molecule has 0 spiro atoms. The van der Waals surface area contributed by atoms with Crippen LogP contribution >= 0.6 is 23.4 Å². The van der Waals surface area contributed by atoms with Crippen LogP contribution in [0.2, 0.25) is 5.02 Å². The Labute approximate surface area is 194 Å². The fraction of sp³-hybridized carbons (Fsp3) is 0.550. The summed E-state index contributed by atoms with van der Waals surface area (Å²) in [6.45, 7) is 3.40. The molecule has 32 heavy (non-hydrogen) atoms. The summed E-state index contributed by atoms with van der Waals surface area (Å²) >= 11 is 7.25. The van der Waals surface area contributed by atoms with Gasteiger partial charge in [0.1, 0.15) is 36.4 Å². The molecule has 10 nitrogen and oxygen atoms in total. The Morgan fingerprint density at radius 2 is 1.72 bits per heavy atom. The van der Waals surface area contributed by atoms with E-state index in [1.807, 2.05) is 12.1 Å². The fourth-order valence-electron chi connectivity index (χ4n) is 3.15. The number of rotatable bonds is 9. The van der Waals surface area contributed by atoms with E-state index < -0.39 is 47.7 Å². The summed E-state index contributed by atoms with van der Waals surface area (Å²) in [4.78, 5) is 37.6. The monoisotopic (exact) mass is 485 g/mol. The molecule has 1 saturated heterocycles. The van der Waals surface area contributed by atoms with Gasteiger partial charge >= 0.3 is 17.9 Å². The molecule has 0 aromatic heterocycles. The second-order valence-corrected chi connectivity index (χ2v) is 8.58. The van der Waals surface area contributed by atoms with E-state index >= 15 is 0 Å². The SMILES string of the molecule is CC(=O)OCC1O[C@H](SCCc2ccc(Cl)cc2)C(OC(C)=O)[C@@H](N=[N+]=[N-])[C@H]1OC(C)=O. The number of hydrogen-bond acceptors (Lipinski definition) is 9. The number of carbonyl (C=O) groups excluding carboxylic acids is 3. The van der Waals surface area contributed by atoms with E-state index in [9.17, 15) is 14.4 Å². The molecule has 0 aliphatic carbocycles. The van der Waals surface area contributed by atoms with Gasteiger partial charge in [-0.3, -0.25) is 14.4 Å². The number of carbonyl (C=O) groups is 3. The third-order valence-corrected chi connectivity index (χ3v) is 5.84. The summed E-state index contributed by atoms with van der Waals surface area (Å²) in [7, 11) is 0. The van der Waals surface area contributed by atoms with Crippen LogP contribution in [0.1, 0.15) is 26.3 Å². The van der Waals surface area contributed by atoms with Gasteiger partial charge in [0.2, 0.25) is 0 Å². The topological polar surface area (TPSA) is 137 Å². The van der Waals surface area contributed by atoms with Crippen molar-refractivity contribution < 1.29 is 33.3 Å². The zero-order chi connectivity index (χ0) is 23.7. The van der Waals surface area contributed by atoms with Crippen molar-refractivity contribution in [2.75, 3.05) is 12.4 Å². The quantitative estimate of drug-likeness (QED) is 0.170. The van der Waals surface area contributed by atoms with Crippen molar-refractivity contribution in [3.05, 3.63) is 45.3 Å². The molecule has 1 fully saturated rings. The maximum absolute atomic E-state index is 11.7. The smallest absolute Gasteiger partial charge is 0.303 e. The summed E-state index contributed by atoms with van der Waals surface area (Å²) in [5, 5.41) is 4.37. The second-order valence-electron chi connectivity index (χ2n) is 6.94. The maximum atomic E-state index is 11.7. The van der Waals surface area contributed by atoms with Crippen molar-refractivity contribution in [2.24, 2.45) is 5.11 Å². The van der Waals surface area contributed by atoms with Crippen LogP contribution in [0.5, 0.6) is 0 Å². The first-order valence-corrected chi connectivity index (χ1v) is 11.2. The molecule has 0 amide bonds. The van der Waals surface area contributed by atoms with Crippen LogP contribution in [-0.2, 0) is 39.8 Å². The Balaban J connectivity index is 2.25. The van der Waals surface area contributed by atoms with Gasteiger partial charge in [0, 0.05) is 30.7 Å². The molecule has 0 saturated carbocycles. The van der Waals surface area contributed by atoms with Crippen LogP contribution in [0.15, 0.2) is 29.4 Å². The molecule has 1 aliphatic rings. The lowest BCUT2D eigenvalue weighted by Gasteiger charge is -2.43. The minimum atomic E-state index is -1.11. The number of azide groups is 1. The predicted molar refractivity (Wildman–Crippen MR) is 117 cm³/mol. The number of ether oxygens (including phenoxy) is 4. The first-order valence-electron chi connectivity index (χ1n) is 9.74. The molecule has 2 rings (SSSR count). The molecule has 0 radical (unpaired) electrons. The highest BCUT2D eigenvalue weighted by Crippen LogP contribution is 2.34. The lowest BCUT2D eigenvalue weighted by Crippen LogP contribution is -2.59. The van der Waals surface area contributed by atoms with Crippen LogP contribution in [-0.4, -0.2) is 60.1 Å². The Hall–Kier alpha value is -2.46. The fourth-order valence-corrected chi connectivity index (χ4v) is 4.49. The normalized spacial score (nSPS) is 24.7. The summed E-state index contributed by atoms with van der Waals surface area (Å²) in [5.41, 5.74) is 9.38. The maximum Gasteiger partial charge on any atom is 0.303 e. The predicted octanol–water partition coefficient (Wildman–Crippen LogP) is 3.45. The van der Waals surface area contributed by atoms with Gasteiger partial charge in [0.15, 0.2) is 0 Å². The van der Waals surface area contributed by atoms with Gasteiger partial charge in [0.25, 0.3) is 0 Å².